The molecule has 0 aromatic heterocycles. The Morgan fingerprint density at radius 2 is 1.50 bits per heavy atom. The zero-order valence-corrected chi connectivity index (χ0v) is 9.78. The van der Waals surface area contributed by atoms with Crippen LogP contribution in [0.2, 0.25) is 0 Å². The van der Waals surface area contributed by atoms with Gasteiger partial charge in [0.2, 0.25) is 0 Å². The maximum absolute atomic E-state index is 2.36. The molecule has 0 radical (unpaired) electrons. The second-order valence-corrected chi connectivity index (χ2v) is 2.74. The van der Waals surface area contributed by atoms with Gasteiger partial charge in [0.1, 0.15) is 0 Å². The summed E-state index contributed by atoms with van der Waals surface area (Å²) >= 11 is 0. The van der Waals surface area contributed by atoms with E-state index in [1.54, 1.807) is 0 Å². The Hall–Kier alpha value is 1.05. The molecule has 1 aliphatic rings. The van der Waals surface area contributed by atoms with Crippen molar-refractivity contribution in [2.75, 3.05) is 0 Å². The van der Waals surface area contributed by atoms with Crippen LogP contribution in [0.3, 0.4) is 0 Å². The van der Waals surface area contributed by atoms with Crippen LogP contribution in [0.1, 0.15) is 39.0 Å². The van der Waals surface area contributed by atoms with Gasteiger partial charge in [-0.2, -0.15) is 0 Å². The minimum atomic E-state index is 0. The smallest absolute Gasteiger partial charge is 0 e. The van der Waals surface area contributed by atoms with Gasteiger partial charge in [0.05, 0.1) is 0 Å². The molecule has 0 heterocycles. The Morgan fingerprint density at radius 1 is 1.00 bits per heavy atom. The Balaban J connectivity index is 0.000000490. The van der Waals surface area contributed by atoms with Crippen molar-refractivity contribution >= 4 is 0 Å². The van der Waals surface area contributed by atoms with Gasteiger partial charge in [-0.1, -0.05) is 39.0 Å². The van der Waals surface area contributed by atoms with E-state index < -0.39 is 0 Å². The van der Waals surface area contributed by atoms with Gasteiger partial charge in [-0.3, -0.25) is 0 Å². The van der Waals surface area contributed by atoms with Crippen LogP contribution in [0.25, 0.3) is 0 Å². The molecule has 1 aliphatic carbocycles. The molecule has 0 aliphatic heterocycles. The van der Waals surface area contributed by atoms with Crippen molar-refractivity contribution in [3.8, 4) is 0 Å². The molecule has 1 fully saturated rings. The first-order valence-corrected chi connectivity index (χ1v) is 3.39. The Labute approximate surface area is 75.8 Å². The second kappa shape index (κ2) is 4.89. The molecule has 0 aromatic rings. The van der Waals surface area contributed by atoms with Crippen LogP contribution in [0, 0.1) is 37.0 Å². The number of hydrogen-bond donors (Lipinski definition) is 0. The molecule has 0 unspecified atom stereocenters. The fourth-order valence-electron chi connectivity index (χ4n) is 1.31. The van der Waals surface area contributed by atoms with Crippen LogP contribution in [-0.2, 0) is 0 Å². The van der Waals surface area contributed by atoms with E-state index in [-0.39, 0.29) is 31.1 Å². The molecular weight excluding hydrogens is 322 g/mol. The molecule has 0 atom stereocenters. The van der Waals surface area contributed by atoms with Gasteiger partial charge in [-0.25, -0.2) is 0 Å². The third-order valence-electron chi connectivity index (χ3n) is 1.89. The van der Waals surface area contributed by atoms with Crippen molar-refractivity contribution in [2.45, 2.75) is 39.0 Å². The van der Waals surface area contributed by atoms with E-state index in [2.05, 4.69) is 6.92 Å². The molecule has 8 heavy (non-hydrogen) atoms. The first kappa shape index (κ1) is 9.05. The SMILES string of the molecule is CC1CCCCC1.[U]. The topological polar surface area (TPSA) is 0 Å². The predicted octanol–water partition coefficient (Wildman–Crippen LogP) is 2.59. The van der Waals surface area contributed by atoms with Gasteiger partial charge in [0.25, 0.3) is 0 Å². The molecule has 0 saturated heterocycles. The molecule has 0 spiro atoms. The van der Waals surface area contributed by atoms with Crippen molar-refractivity contribution in [3.05, 3.63) is 0 Å². The van der Waals surface area contributed by atoms with E-state index in [0.717, 1.165) is 5.92 Å². The molecule has 1 saturated carbocycles. The standard InChI is InChI=1S/C7H14.U/c1-7-5-3-2-4-6-7;/h7H,2-6H2,1H3;. The third kappa shape index (κ3) is 3.15. The van der Waals surface area contributed by atoms with E-state index in [9.17, 15) is 0 Å². The van der Waals surface area contributed by atoms with Crippen LogP contribution in [-0.4, -0.2) is 0 Å². The second-order valence-electron chi connectivity index (χ2n) is 2.74. The van der Waals surface area contributed by atoms with Crippen LogP contribution in [0.15, 0.2) is 0 Å². The molecule has 0 aromatic carbocycles. The van der Waals surface area contributed by atoms with Gasteiger partial charge >= 0.3 is 0 Å². The monoisotopic (exact) mass is 336 g/mol. The van der Waals surface area contributed by atoms with Crippen LogP contribution < -0.4 is 0 Å². The summed E-state index contributed by atoms with van der Waals surface area (Å²) < 4.78 is 0. The van der Waals surface area contributed by atoms with Gasteiger partial charge in [-0.05, 0) is 5.92 Å². The van der Waals surface area contributed by atoms with Crippen molar-refractivity contribution in [1.82, 2.24) is 0 Å². The maximum atomic E-state index is 2.36. The zero-order valence-electron chi connectivity index (χ0n) is 5.61. The number of rotatable bonds is 0. The minimum absolute atomic E-state index is 0. The van der Waals surface area contributed by atoms with Crippen molar-refractivity contribution in [2.24, 2.45) is 5.92 Å². The van der Waals surface area contributed by atoms with Crippen LogP contribution in [0.4, 0.5) is 0 Å². The molecule has 1 heteroatoms. The van der Waals surface area contributed by atoms with Gasteiger partial charge in [-0.15, -0.1) is 0 Å². The first-order chi connectivity index (χ1) is 3.39. The van der Waals surface area contributed by atoms with Crippen LogP contribution >= 0.6 is 0 Å². The average molecular weight is 336 g/mol. The summed E-state index contributed by atoms with van der Waals surface area (Å²) in [5.41, 5.74) is 0. The van der Waals surface area contributed by atoms with E-state index in [1.807, 2.05) is 0 Å². The summed E-state index contributed by atoms with van der Waals surface area (Å²) in [4.78, 5) is 0. The summed E-state index contributed by atoms with van der Waals surface area (Å²) in [5.74, 6) is 1.04. The van der Waals surface area contributed by atoms with Crippen LogP contribution in [0.5, 0.6) is 0 Å². The summed E-state index contributed by atoms with van der Waals surface area (Å²) in [6, 6.07) is 0. The fraction of sp³-hybridized carbons (Fsp3) is 1.00. The van der Waals surface area contributed by atoms with E-state index >= 15 is 0 Å². The summed E-state index contributed by atoms with van der Waals surface area (Å²) in [5, 5.41) is 0. The third-order valence-corrected chi connectivity index (χ3v) is 1.89. The van der Waals surface area contributed by atoms with Crippen molar-refractivity contribution in [3.63, 3.8) is 0 Å². The molecule has 0 N–H and O–H groups in total. The largest absolute Gasteiger partial charge is 0.0625 e. The zero-order chi connectivity index (χ0) is 5.11. The molecule has 0 bridgehead atoms. The fourth-order valence-corrected chi connectivity index (χ4v) is 1.31. The Bertz CT molecular complexity index is 46.3. The first-order valence-electron chi connectivity index (χ1n) is 3.39. The van der Waals surface area contributed by atoms with Gasteiger partial charge in [0, 0.05) is 31.1 Å². The van der Waals surface area contributed by atoms with Gasteiger partial charge in [0.15, 0.2) is 0 Å². The summed E-state index contributed by atoms with van der Waals surface area (Å²) in [7, 11) is 0. The van der Waals surface area contributed by atoms with E-state index in [1.165, 1.54) is 32.1 Å². The number of hydrogen-bond acceptors (Lipinski definition) is 0. The molecule has 0 nitrogen and oxygen atoms in total. The van der Waals surface area contributed by atoms with E-state index in [4.69, 9.17) is 0 Å². The van der Waals surface area contributed by atoms with Gasteiger partial charge < -0.3 is 0 Å². The molecule has 1 rings (SSSR count). The quantitative estimate of drug-likeness (QED) is 0.638. The van der Waals surface area contributed by atoms with E-state index in [0.29, 0.717) is 0 Å². The average Bonchev–Trinajstić information content (AvgIpc) is 1.69. The minimum Gasteiger partial charge on any atom is -0.0625 e. The summed E-state index contributed by atoms with van der Waals surface area (Å²) in [6.45, 7) is 2.36. The molecule has 0 amide bonds. The molecule has 46 valence electrons. The Morgan fingerprint density at radius 3 is 1.75 bits per heavy atom. The van der Waals surface area contributed by atoms with Crippen molar-refractivity contribution in [1.29, 1.82) is 0 Å². The van der Waals surface area contributed by atoms with Crippen molar-refractivity contribution < 1.29 is 31.1 Å². The summed E-state index contributed by atoms with van der Waals surface area (Å²) in [6.07, 6.45) is 7.44. The molecular formula is C7H14U. The predicted molar refractivity (Wildman–Crippen MR) is 32.2 cm³/mol. The Kier molecular flexibility index (Phi) is 5.53. The maximum Gasteiger partial charge on any atom is 0 e. The normalized spacial score (nSPS) is 22.1.